The third-order valence-corrected chi connectivity index (χ3v) is 3.08. The zero-order valence-corrected chi connectivity index (χ0v) is 11.5. The monoisotopic (exact) mass is 314 g/mol. The van der Waals surface area contributed by atoms with E-state index in [1.54, 1.807) is 25.1 Å². The maximum atomic E-state index is 11.8. The summed E-state index contributed by atoms with van der Waals surface area (Å²) in [6.45, 7) is 2.10. The van der Waals surface area contributed by atoms with Crippen molar-refractivity contribution in [3.8, 4) is 0 Å². The second-order valence-electron chi connectivity index (χ2n) is 4.15. The van der Waals surface area contributed by atoms with Gasteiger partial charge in [0, 0.05) is 28.7 Å². The summed E-state index contributed by atoms with van der Waals surface area (Å²) < 4.78 is 0.661. The summed E-state index contributed by atoms with van der Waals surface area (Å²) in [5.41, 5.74) is 6.67. The first kappa shape index (κ1) is 14.5. The molecule has 1 atom stereocenters. The van der Waals surface area contributed by atoms with Crippen molar-refractivity contribution < 1.29 is 14.7 Å². The van der Waals surface area contributed by atoms with Gasteiger partial charge in [0.15, 0.2) is 0 Å². The molecule has 5 nitrogen and oxygen atoms in total. The Hall–Kier alpha value is -1.56. The zero-order chi connectivity index (χ0) is 13.7. The van der Waals surface area contributed by atoms with Crippen LogP contribution in [0.15, 0.2) is 22.7 Å². The zero-order valence-electron chi connectivity index (χ0n) is 9.94. The fourth-order valence-electron chi connectivity index (χ4n) is 1.41. The highest BCUT2D eigenvalue weighted by atomic mass is 79.9. The lowest BCUT2D eigenvalue weighted by molar-refractivity contribution is -0.137. The average molecular weight is 315 g/mol. The molecule has 0 aromatic heterocycles. The molecule has 0 radical (unpaired) electrons. The minimum absolute atomic E-state index is 0.0334. The van der Waals surface area contributed by atoms with E-state index in [4.69, 9.17) is 10.8 Å². The van der Waals surface area contributed by atoms with Gasteiger partial charge in [0.05, 0.1) is 0 Å². The highest BCUT2D eigenvalue weighted by Crippen LogP contribution is 2.20. The Morgan fingerprint density at radius 3 is 2.72 bits per heavy atom. The number of nitrogens with two attached hydrogens (primary N) is 1. The summed E-state index contributed by atoms with van der Waals surface area (Å²) in [6, 6.07) is 4.89. The van der Waals surface area contributed by atoms with Gasteiger partial charge in [-0.3, -0.25) is 9.59 Å². The van der Waals surface area contributed by atoms with E-state index in [1.165, 1.54) is 0 Å². The number of carbonyl (C=O) groups is 2. The van der Waals surface area contributed by atoms with E-state index in [-0.39, 0.29) is 18.2 Å². The largest absolute Gasteiger partial charge is 0.481 e. The molecule has 0 saturated carbocycles. The smallest absolute Gasteiger partial charge is 0.303 e. The summed E-state index contributed by atoms with van der Waals surface area (Å²) in [6.07, 6.45) is 0.0334. The Bertz CT molecular complexity index is 463. The molecule has 0 spiro atoms. The standard InChI is InChI=1S/C12H15BrN2O3/c1-7(4-11(16)17)6-15-12(18)8-2-3-10(14)9(13)5-8/h2-3,5,7H,4,6,14H2,1H3,(H,15,18)(H,16,17). The molecule has 18 heavy (non-hydrogen) atoms. The fourth-order valence-corrected chi connectivity index (χ4v) is 1.79. The van der Waals surface area contributed by atoms with Gasteiger partial charge in [0.25, 0.3) is 5.91 Å². The van der Waals surface area contributed by atoms with Gasteiger partial charge in [0.2, 0.25) is 0 Å². The van der Waals surface area contributed by atoms with Crippen LogP contribution in [0.4, 0.5) is 5.69 Å². The Kier molecular flexibility index (Phi) is 5.15. The number of carboxylic acids is 1. The third kappa shape index (κ3) is 4.37. The second kappa shape index (κ2) is 6.39. The number of nitrogen functional groups attached to an aromatic ring is 1. The van der Waals surface area contributed by atoms with Crippen LogP contribution in [-0.2, 0) is 4.79 Å². The summed E-state index contributed by atoms with van der Waals surface area (Å²) >= 11 is 3.24. The number of anilines is 1. The summed E-state index contributed by atoms with van der Waals surface area (Å²) in [5.74, 6) is -1.22. The SMILES string of the molecule is CC(CNC(=O)c1ccc(N)c(Br)c1)CC(=O)O. The first-order valence-corrected chi connectivity index (χ1v) is 6.24. The van der Waals surface area contributed by atoms with E-state index in [9.17, 15) is 9.59 Å². The first-order valence-electron chi connectivity index (χ1n) is 5.45. The predicted octanol–water partition coefficient (Wildman–Crippen LogP) is 1.87. The van der Waals surface area contributed by atoms with Crippen LogP contribution in [0.3, 0.4) is 0 Å². The van der Waals surface area contributed by atoms with Crippen molar-refractivity contribution in [3.63, 3.8) is 0 Å². The molecule has 98 valence electrons. The van der Waals surface area contributed by atoms with Gasteiger partial charge < -0.3 is 16.2 Å². The number of amides is 1. The molecule has 0 fully saturated rings. The molecule has 6 heteroatoms. The van der Waals surface area contributed by atoms with Crippen molar-refractivity contribution >= 4 is 33.5 Å². The Morgan fingerprint density at radius 2 is 2.17 bits per heavy atom. The van der Waals surface area contributed by atoms with Crippen LogP contribution in [0.25, 0.3) is 0 Å². The Labute approximate surface area is 113 Å². The second-order valence-corrected chi connectivity index (χ2v) is 5.00. The summed E-state index contributed by atoms with van der Waals surface area (Å²) in [5, 5.41) is 11.3. The van der Waals surface area contributed by atoms with Crippen molar-refractivity contribution in [2.24, 2.45) is 5.92 Å². The molecule has 0 aliphatic carbocycles. The van der Waals surface area contributed by atoms with Crippen molar-refractivity contribution in [2.75, 3.05) is 12.3 Å². The lowest BCUT2D eigenvalue weighted by Gasteiger charge is -2.10. The number of hydrogen-bond donors (Lipinski definition) is 3. The number of nitrogens with one attached hydrogen (secondary N) is 1. The van der Waals surface area contributed by atoms with E-state index >= 15 is 0 Å². The molecule has 0 aliphatic heterocycles. The molecule has 1 rings (SSSR count). The number of rotatable bonds is 5. The number of halogens is 1. The maximum Gasteiger partial charge on any atom is 0.303 e. The minimum Gasteiger partial charge on any atom is -0.481 e. The van der Waals surface area contributed by atoms with Gasteiger partial charge in [-0.2, -0.15) is 0 Å². The maximum absolute atomic E-state index is 11.8. The highest BCUT2D eigenvalue weighted by Gasteiger charge is 2.11. The van der Waals surface area contributed by atoms with Crippen molar-refractivity contribution in [1.82, 2.24) is 5.32 Å². The predicted molar refractivity (Wildman–Crippen MR) is 72.3 cm³/mol. The van der Waals surface area contributed by atoms with Gasteiger partial charge in [0.1, 0.15) is 0 Å². The van der Waals surface area contributed by atoms with Crippen LogP contribution in [-0.4, -0.2) is 23.5 Å². The lowest BCUT2D eigenvalue weighted by Crippen LogP contribution is -2.29. The highest BCUT2D eigenvalue weighted by molar-refractivity contribution is 9.10. The molecule has 0 aliphatic rings. The van der Waals surface area contributed by atoms with E-state index in [1.807, 2.05) is 0 Å². The first-order chi connectivity index (χ1) is 8.40. The normalized spacial score (nSPS) is 11.9. The van der Waals surface area contributed by atoms with Crippen LogP contribution in [0.2, 0.25) is 0 Å². The molecule has 1 aromatic carbocycles. The molecule has 4 N–H and O–H groups in total. The average Bonchev–Trinajstić information content (AvgIpc) is 2.28. The van der Waals surface area contributed by atoms with E-state index < -0.39 is 5.97 Å². The molecule has 0 heterocycles. The van der Waals surface area contributed by atoms with Gasteiger partial charge >= 0.3 is 5.97 Å². The van der Waals surface area contributed by atoms with Crippen LogP contribution in [0.1, 0.15) is 23.7 Å². The molecular weight excluding hydrogens is 300 g/mol. The van der Waals surface area contributed by atoms with E-state index in [0.29, 0.717) is 22.3 Å². The van der Waals surface area contributed by atoms with E-state index in [2.05, 4.69) is 21.2 Å². The molecule has 1 unspecified atom stereocenters. The number of carboxylic acid groups (broad SMARTS) is 1. The Morgan fingerprint density at radius 1 is 1.50 bits per heavy atom. The van der Waals surface area contributed by atoms with Crippen molar-refractivity contribution in [3.05, 3.63) is 28.2 Å². The topological polar surface area (TPSA) is 92.4 Å². The third-order valence-electron chi connectivity index (χ3n) is 2.40. The molecule has 0 saturated heterocycles. The van der Waals surface area contributed by atoms with Crippen LogP contribution < -0.4 is 11.1 Å². The molecular formula is C12H15BrN2O3. The number of carbonyl (C=O) groups excluding carboxylic acids is 1. The molecule has 1 aromatic rings. The van der Waals surface area contributed by atoms with Gasteiger partial charge in [-0.1, -0.05) is 6.92 Å². The number of hydrogen-bond acceptors (Lipinski definition) is 3. The van der Waals surface area contributed by atoms with Crippen molar-refractivity contribution in [2.45, 2.75) is 13.3 Å². The fraction of sp³-hybridized carbons (Fsp3) is 0.333. The van der Waals surface area contributed by atoms with Crippen molar-refractivity contribution in [1.29, 1.82) is 0 Å². The van der Waals surface area contributed by atoms with Gasteiger partial charge in [-0.05, 0) is 40.0 Å². The van der Waals surface area contributed by atoms with Gasteiger partial charge in [-0.25, -0.2) is 0 Å². The van der Waals surface area contributed by atoms with Crippen LogP contribution >= 0.6 is 15.9 Å². The number of aliphatic carboxylic acids is 1. The summed E-state index contributed by atoms with van der Waals surface area (Å²) in [7, 11) is 0. The lowest BCUT2D eigenvalue weighted by atomic mass is 10.1. The Balaban J connectivity index is 2.55. The van der Waals surface area contributed by atoms with E-state index in [0.717, 1.165) is 0 Å². The summed E-state index contributed by atoms with van der Waals surface area (Å²) in [4.78, 5) is 22.3. The molecule has 1 amide bonds. The van der Waals surface area contributed by atoms with Crippen LogP contribution in [0.5, 0.6) is 0 Å². The quantitative estimate of drug-likeness (QED) is 0.723. The minimum atomic E-state index is -0.869. The number of benzene rings is 1. The van der Waals surface area contributed by atoms with Crippen LogP contribution in [0, 0.1) is 5.92 Å². The molecule has 0 bridgehead atoms. The van der Waals surface area contributed by atoms with Gasteiger partial charge in [-0.15, -0.1) is 0 Å².